The van der Waals surface area contributed by atoms with Crippen LogP contribution in [0.2, 0.25) is 5.02 Å². The van der Waals surface area contributed by atoms with E-state index in [1.807, 2.05) is 0 Å². The highest BCUT2D eigenvalue weighted by Crippen LogP contribution is 2.33. The normalized spacial score (nSPS) is 13.8. The third-order valence-electron chi connectivity index (χ3n) is 3.01. The van der Waals surface area contributed by atoms with Crippen LogP contribution in [0.3, 0.4) is 0 Å². The first-order valence-corrected chi connectivity index (χ1v) is 8.27. The van der Waals surface area contributed by atoms with E-state index < -0.39 is 32.7 Å². The minimum atomic E-state index is -4.67. The minimum absolute atomic E-state index is 0.293. The van der Waals surface area contributed by atoms with Crippen LogP contribution in [-0.2, 0) is 16.2 Å². The largest absolute Gasteiger partial charge is 0.416 e. The Kier molecular flexibility index (Phi) is 4.98. The van der Waals surface area contributed by atoms with E-state index in [9.17, 15) is 21.6 Å². The molecule has 1 atom stereocenters. The first-order chi connectivity index (χ1) is 10.6. The van der Waals surface area contributed by atoms with E-state index in [0.29, 0.717) is 11.8 Å². The van der Waals surface area contributed by atoms with Crippen LogP contribution in [0.1, 0.15) is 24.2 Å². The lowest BCUT2D eigenvalue weighted by atomic mass is 10.2. The van der Waals surface area contributed by atoms with Gasteiger partial charge in [-0.2, -0.15) is 13.2 Å². The molecule has 0 aliphatic heterocycles. The average Bonchev–Trinajstić information content (AvgIpc) is 2.46. The molecule has 0 bridgehead atoms. The van der Waals surface area contributed by atoms with Gasteiger partial charge in [-0.25, -0.2) is 13.1 Å². The number of rotatable bonds is 4. The predicted molar refractivity (Wildman–Crippen MR) is 79.4 cm³/mol. The summed E-state index contributed by atoms with van der Waals surface area (Å²) in [5.41, 5.74) is -0.660. The summed E-state index contributed by atoms with van der Waals surface area (Å²) in [6.45, 7) is 1.53. The molecule has 0 aliphatic rings. The minimum Gasteiger partial charge on any atom is -0.260 e. The molecule has 9 heteroatoms. The van der Waals surface area contributed by atoms with Crippen LogP contribution in [0.25, 0.3) is 0 Å². The molecule has 1 unspecified atom stereocenters. The smallest absolute Gasteiger partial charge is 0.260 e. The van der Waals surface area contributed by atoms with Crippen LogP contribution in [-0.4, -0.2) is 13.4 Å². The Balaban J connectivity index is 2.36. The van der Waals surface area contributed by atoms with Gasteiger partial charge in [-0.1, -0.05) is 17.7 Å². The lowest BCUT2D eigenvalue weighted by Gasteiger charge is -2.16. The molecule has 2 aromatic rings. The van der Waals surface area contributed by atoms with E-state index in [2.05, 4.69) is 9.71 Å². The number of alkyl halides is 3. The lowest BCUT2D eigenvalue weighted by molar-refractivity contribution is -0.137. The Morgan fingerprint density at radius 3 is 2.48 bits per heavy atom. The molecular formula is C14H12ClF3N2O2S. The van der Waals surface area contributed by atoms with E-state index >= 15 is 0 Å². The molecule has 1 heterocycles. The van der Waals surface area contributed by atoms with Gasteiger partial charge in [-0.3, -0.25) is 4.98 Å². The van der Waals surface area contributed by atoms with Crippen molar-refractivity contribution >= 4 is 21.6 Å². The third kappa shape index (κ3) is 4.21. The molecule has 0 radical (unpaired) electrons. The molecule has 0 spiro atoms. The molecule has 1 aromatic carbocycles. The molecule has 1 aromatic heterocycles. The molecule has 0 saturated carbocycles. The molecule has 124 valence electrons. The molecule has 0 amide bonds. The van der Waals surface area contributed by atoms with Crippen molar-refractivity contribution in [1.29, 1.82) is 0 Å². The zero-order chi connectivity index (χ0) is 17.3. The fraction of sp³-hybridized carbons (Fsp3) is 0.214. The molecule has 0 saturated heterocycles. The fourth-order valence-electron chi connectivity index (χ4n) is 1.87. The van der Waals surface area contributed by atoms with Crippen molar-refractivity contribution < 1.29 is 21.6 Å². The maximum atomic E-state index is 12.7. The van der Waals surface area contributed by atoms with Gasteiger partial charge in [0, 0.05) is 6.20 Å². The Morgan fingerprint density at radius 2 is 1.91 bits per heavy atom. The van der Waals surface area contributed by atoms with Crippen molar-refractivity contribution in [3.8, 4) is 0 Å². The second-order valence-electron chi connectivity index (χ2n) is 4.74. The zero-order valence-electron chi connectivity index (χ0n) is 11.8. The van der Waals surface area contributed by atoms with E-state index in [1.165, 1.54) is 13.1 Å². The van der Waals surface area contributed by atoms with Crippen LogP contribution in [0.4, 0.5) is 13.2 Å². The highest BCUT2D eigenvalue weighted by molar-refractivity contribution is 7.89. The summed E-state index contributed by atoms with van der Waals surface area (Å²) in [5.74, 6) is 0. The third-order valence-corrected chi connectivity index (χ3v) is 5.03. The van der Waals surface area contributed by atoms with Gasteiger partial charge in [0.1, 0.15) is 4.90 Å². The van der Waals surface area contributed by atoms with Gasteiger partial charge in [-0.05, 0) is 37.3 Å². The molecule has 4 nitrogen and oxygen atoms in total. The number of hydrogen-bond acceptors (Lipinski definition) is 3. The van der Waals surface area contributed by atoms with E-state index in [1.54, 1.807) is 18.2 Å². The van der Waals surface area contributed by atoms with Gasteiger partial charge in [-0.15, -0.1) is 0 Å². The highest BCUT2D eigenvalue weighted by Gasteiger charge is 2.33. The number of pyridine rings is 1. The van der Waals surface area contributed by atoms with Crippen LogP contribution >= 0.6 is 11.6 Å². The number of sulfonamides is 1. The van der Waals surface area contributed by atoms with Crippen molar-refractivity contribution in [1.82, 2.24) is 9.71 Å². The molecule has 1 N–H and O–H groups in total. The van der Waals surface area contributed by atoms with Crippen molar-refractivity contribution in [2.45, 2.75) is 24.0 Å². The van der Waals surface area contributed by atoms with Crippen LogP contribution in [0.15, 0.2) is 47.5 Å². The maximum absolute atomic E-state index is 12.7. The summed E-state index contributed by atoms with van der Waals surface area (Å²) in [6.07, 6.45) is -3.18. The van der Waals surface area contributed by atoms with Crippen molar-refractivity contribution in [3.63, 3.8) is 0 Å². The van der Waals surface area contributed by atoms with Crippen molar-refractivity contribution in [3.05, 3.63) is 58.9 Å². The standard InChI is InChI=1S/C14H12ClF3N2O2S/c1-9(12-4-2-3-7-19-12)20-23(21,22)13-8-10(14(16,17)18)5-6-11(13)15/h2-9,20H,1H3. The maximum Gasteiger partial charge on any atom is 0.416 e. The zero-order valence-corrected chi connectivity index (χ0v) is 13.4. The van der Waals surface area contributed by atoms with E-state index in [4.69, 9.17) is 11.6 Å². The Hall–Kier alpha value is -1.64. The summed E-state index contributed by atoms with van der Waals surface area (Å²) in [4.78, 5) is 3.37. The van der Waals surface area contributed by atoms with Gasteiger partial charge in [0.05, 0.1) is 22.3 Å². The first kappa shape index (κ1) is 17.7. The van der Waals surface area contributed by atoms with Gasteiger partial charge < -0.3 is 0 Å². The average molecular weight is 365 g/mol. The van der Waals surface area contributed by atoms with Gasteiger partial charge >= 0.3 is 6.18 Å². The highest BCUT2D eigenvalue weighted by atomic mass is 35.5. The molecule has 23 heavy (non-hydrogen) atoms. The monoisotopic (exact) mass is 364 g/mol. The second-order valence-corrected chi connectivity index (χ2v) is 6.83. The first-order valence-electron chi connectivity index (χ1n) is 6.41. The topological polar surface area (TPSA) is 59.1 Å². The van der Waals surface area contributed by atoms with Crippen molar-refractivity contribution in [2.24, 2.45) is 0 Å². The number of nitrogens with zero attached hydrogens (tertiary/aromatic N) is 1. The summed E-state index contributed by atoms with van der Waals surface area (Å²) in [7, 11) is -4.24. The molecule has 0 aliphatic carbocycles. The summed E-state index contributed by atoms with van der Waals surface area (Å²) >= 11 is 5.76. The Labute approximate surface area is 136 Å². The SMILES string of the molecule is CC(NS(=O)(=O)c1cc(C(F)(F)F)ccc1Cl)c1ccccn1. The Morgan fingerprint density at radius 1 is 1.22 bits per heavy atom. The van der Waals surface area contributed by atoms with E-state index in [-0.39, 0.29) is 5.02 Å². The Bertz CT molecular complexity index is 795. The van der Waals surface area contributed by atoms with Gasteiger partial charge in [0.2, 0.25) is 10.0 Å². The number of nitrogens with one attached hydrogen (secondary N) is 1. The van der Waals surface area contributed by atoms with Crippen LogP contribution in [0, 0.1) is 0 Å². The summed E-state index contributed by atoms with van der Waals surface area (Å²) < 4.78 is 65.2. The molecule has 2 rings (SSSR count). The number of benzene rings is 1. The number of halogens is 4. The van der Waals surface area contributed by atoms with Crippen LogP contribution in [0.5, 0.6) is 0 Å². The fourth-order valence-corrected chi connectivity index (χ4v) is 3.62. The number of aromatic nitrogens is 1. The second kappa shape index (κ2) is 6.46. The van der Waals surface area contributed by atoms with E-state index in [0.717, 1.165) is 12.1 Å². The summed E-state index contributed by atoms with van der Waals surface area (Å²) in [6, 6.07) is 6.34. The van der Waals surface area contributed by atoms with Crippen molar-refractivity contribution in [2.75, 3.05) is 0 Å². The predicted octanol–water partition coefficient (Wildman–Crippen LogP) is 3.79. The lowest BCUT2D eigenvalue weighted by Crippen LogP contribution is -2.28. The summed E-state index contributed by atoms with van der Waals surface area (Å²) in [5, 5.41) is -0.293. The number of hydrogen-bond donors (Lipinski definition) is 1. The molecular weight excluding hydrogens is 353 g/mol. The van der Waals surface area contributed by atoms with Gasteiger partial charge in [0.25, 0.3) is 0 Å². The van der Waals surface area contributed by atoms with Crippen LogP contribution < -0.4 is 4.72 Å². The van der Waals surface area contributed by atoms with Gasteiger partial charge in [0.15, 0.2) is 0 Å². The quantitative estimate of drug-likeness (QED) is 0.897. The molecule has 0 fully saturated rings.